The molecule has 1 heterocycles. The molecule has 24 heavy (non-hydrogen) atoms. The summed E-state index contributed by atoms with van der Waals surface area (Å²) < 4.78 is 27.9. The fraction of sp³-hybridized carbons (Fsp3) is 0.643. The van der Waals surface area contributed by atoms with Gasteiger partial charge in [-0.3, -0.25) is 4.79 Å². The van der Waals surface area contributed by atoms with Gasteiger partial charge in [0.05, 0.1) is 0 Å². The molecule has 0 saturated carbocycles. The first kappa shape index (κ1) is 20.1. The Bertz CT molecular complexity index is 677. The first-order chi connectivity index (χ1) is 11.0. The van der Waals surface area contributed by atoms with Crippen LogP contribution in [0.25, 0.3) is 0 Å². The molecule has 0 aromatic carbocycles. The minimum Gasteiger partial charge on any atom is -0.480 e. The summed E-state index contributed by atoms with van der Waals surface area (Å²) in [5, 5.41) is 11.3. The second-order valence-corrected chi connectivity index (χ2v) is 7.69. The minimum absolute atomic E-state index is 0.109. The molecule has 0 radical (unpaired) electrons. The van der Waals surface area contributed by atoms with Gasteiger partial charge in [0.2, 0.25) is 5.91 Å². The Morgan fingerprint density at radius 1 is 1.38 bits per heavy atom. The molecule has 9 nitrogen and oxygen atoms in total. The molecule has 0 spiro atoms. The van der Waals surface area contributed by atoms with Crippen LogP contribution in [0.3, 0.4) is 0 Å². The Morgan fingerprint density at radius 2 is 2.00 bits per heavy atom. The Balaban J connectivity index is 2.54. The van der Waals surface area contributed by atoms with Gasteiger partial charge in [0, 0.05) is 26.2 Å². The van der Waals surface area contributed by atoms with Crippen molar-refractivity contribution in [2.75, 3.05) is 6.54 Å². The van der Waals surface area contributed by atoms with Crippen LogP contribution in [0.2, 0.25) is 0 Å². The molecule has 0 unspecified atom stereocenters. The van der Waals surface area contributed by atoms with E-state index in [0.29, 0.717) is 12.2 Å². The summed E-state index contributed by atoms with van der Waals surface area (Å²) in [6.07, 6.45) is 1.52. The third-order valence-electron chi connectivity index (χ3n) is 3.35. The molecule has 0 aliphatic carbocycles. The van der Waals surface area contributed by atoms with E-state index in [0.717, 1.165) is 0 Å². The molecule has 1 rings (SSSR count). The SMILES string of the molecule is Cc1nc(S(=O)(=O)NCCC(=O)N[C@@H](CC(C)C)C(=O)O)cn1C. The summed E-state index contributed by atoms with van der Waals surface area (Å²) in [6, 6.07) is -0.979. The highest BCUT2D eigenvalue weighted by Crippen LogP contribution is 2.08. The number of nitrogens with one attached hydrogen (secondary N) is 2. The second kappa shape index (κ2) is 8.25. The quantitative estimate of drug-likeness (QED) is 0.569. The van der Waals surface area contributed by atoms with E-state index in [-0.39, 0.29) is 23.9 Å². The number of carbonyl (C=O) groups is 2. The van der Waals surface area contributed by atoms with Crippen LogP contribution in [0.1, 0.15) is 32.5 Å². The van der Waals surface area contributed by atoms with Gasteiger partial charge in [-0.25, -0.2) is 22.9 Å². The van der Waals surface area contributed by atoms with E-state index >= 15 is 0 Å². The third-order valence-corrected chi connectivity index (χ3v) is 4.68. The molecule has 1 amide bonds. The van der Waals surface area contributed by atoms with Crippen molar-refractivity contribution in [1.29, 1.82) is 0 Å². The largest absolute Gasteiger partial charge is 0.480 e. The number of carbonyl (C=O) groups excluding carboxylic acids is 1. The van der Waals surface area contributed by atoms with Gasteiger partial charge < -0.3 is 15.0 Å². The highest BCUT2D eigenvalue weighted by atomic mass is 32.2. The standard InChI is InChI=1S/C14H24N4O5S/c1-9(2)7-11(14(20)21)17-12(19)5-6-15-24(22,23)13-8-18(4)10(3)16-13/h8-9,11,15H,5-7H2,1-4H3,(H,17,19)(H,20,21)/t11-/m0/s1. The lowest BCUT2D eigenvalue weighted by atomic mass is 10.0. The summed E-state index contributed by atoms with van der Waals surface area (Å²) in [5.74, 6) is -0.979. The molecular formula is C14H24N4O5S. The zero-order valence-electron chi connectivity index (χ0n) is 14.2. The fourth-order valence-corrected chi connectivity index (χ4v) is 3.06. The number of hydrogen-bond acceptors (Lipinski definition) is 5. The lowest BCUT2D eigenvalue weighted by Gasteiger charge is -2.16. The van der Waals surface area contributed by atoms with Gasteiger partial charge in [-0.05, 0) is 19.3 Å². The summed E-state index contributed by atoms with van der Waals surface area (Å²) in [5.41, 5.74) is 0. The van der Waals surface area contributed by atoms with Crippen LogP contribution in [0.15, 0.2) is 11.2 Å². The lowest BCUT2D eigenvalue weighted by Crippen LogP contribution is -2.42. The van der Waals surface area contributed by atoms with Crippen LogP contribution >= 0.6 is 0 Å². The highest BCUT2D eigenvalue weighted by molar-refractivity contribution is 7.89. The van der Waals surface area contributed by atoms with Crippen molar-refractivity contribution >= 4 is 21.9 Å². The molecule has 0 saturated heterocycles. The van der Waals surface area contributed by atoms with E-state index in [1.54, 1.807) is 18.5 Å². The zero-order valence-corrected chi connectivity index (χ0v) is 15.1. The molecule has 0 aliphatic rings. The number of sulfonamides is 1. The van der Waals surface area contributed by atoms with Crippen LogP contribution in [-0.4, -0.2) is 47.5 Å². The summed E-state index contributed by atoms with van der Waals surface area (Å²) in [7, 11) is -2.12. The molecule has 3 N–H and O–H groups in total. The third kappa shape index (κ3) is 5.93. The van der Waals surface area contributed by atoms with Crippen LogP contribution in [0.4, 0.5) is 0 Å². The highest BCUT2D eigenvalue weighted by Gasteiger charge is 2.22. The maximum Gasteiger partial charge on any atom is 0.326 e. The average molecular weight is 360 g/mol. The van der Waals surface area contributed by atoms with E-state index in [1.807, 2.05) is 13.8 Å². The van der Waals surface area contributed by atoms with Crippen molar-refractivity contribution in [1.82, 2.24) is 19.6 Å². The number of aromatic nitrogens is 2. The van der Waals surface area contributed by atoms with Gasteiger partial charge in [0.25, 0.3) is 10.0 Å². The second-order valence-electron chi connectivity index (χ2n) is 5.97. The molecule has 1 aromatic heterocycles. The predicted octanol–water partition coefficient (Wildman–Crippen LogP) is 0.0124. The number of rotatable bonds is 9. The number of aryl methyl sites for hydroxylation is 2. The molecular weight excluding hydrogens is 336 g/mol. The van der Waals surface area contributed by atoms with E-state index < -0.39 is 27.9 Å². The maximum absolute atomic E-state index is 12.0. The van der Waals surface area contributed by atoms with Crippen molar-refractivity contribution in [3.8, 4) is 0 Å². The van der Waals surface area contributed by atoms with Gasteiger partial charge in [-0.2, -0.15) is 0 Å². The Hall–Kier alpha value is -1.94. The van der Waals surface area contributed by atoms with Crippen molar-refractivity contribution in [2.24, 2.45) is 13.0 Å². The maximum atomic E-state index is 12.0. The molecule has 0 bridgehead atoms. The average Bonchev–Trinajstić information content (AvgIpc) is 2.78. The van der Waals surface area contributed by atoms with Gasteiger partial charge in [-0.1, -0.05) is 13.8 Å². The lowest BCUT2D eigenvalue weighted by molar-refractivity contribution is -0.142. The van der Waals surface area contributed by atoms with Crippen molar-refractivity contribution in [2.45, 2.75) is 44.7 Å². The van der Waals surface area contributed by atoms with Crippen LogP contribution in [-0.2, 0) is 26.7 Å². The Labute approximate surface area is 141 Å². The van der Waals surface area contributed by atoms with E-state index in [2.05, 4.69) is 15.0 Å². The number of aliphatic carboxylic acids is 1. The topological polar surface area (TPSA) is 130 Å². The molecule has 10 heteroatoms. The Kier molecular flexibility index (Phi) is 6.91. The van der Waals surface area contributed by atoms with Gasteiger partial charge in [-0.15, -0.1) is 0 Å². The van der Waals surface area contributed by atoms with Crippen LogP contribution in [0, 0.1) is 12.8 Å². The van der Waals surface area contributed by atoms with E-state index in [9.17, 15) is 18.0 Å². The first-order valence-corrected chi connectivity index (χ1v) is 9.03. The smallest absolute Gasteiger partial charge is 0.326 e. The van der Waals surface area contributed by atoms with E-state index in [4.69, 9.17) is 5.11 Å². The summed E-state index contributed by atoms with van der Waals surface area (Å²) in [4.78, 5) is 26.8. The minimum atomic E-state index is -3.80. The summed E-state index contributed by atoms with van der Waals surface area (Å²) in [6.45, 7) is 5.24. The monoisotopic (exact) mass is 360 g/mol. The molecule has 0 fully saturated rings. The molecule has 136 valence electrons. The number of imidazole rings is 1. The van der Waals surface area contributed by atoms with Crippen molar-refractivity contribution in [3.63, 3.8) is 0 Å². The van der Waals surface area contributed by atoms with Crippen LogP contribution in [0.5, 0.6) is 0 Å². The molecule has 1 atom stereocenters. The molecule has 1 aromatic rings. The fourth-order valence-electron chi connectivity index (χ4n) is 1.99. The van der Waals surface area contributed by atoms with Crippen molar-refractivity contribution < 1.29 is 23.1 Å². The summed E-state index contributed by atoms with van der Waals surface area (Å²) >= 11 is 0. The number of carboxylic acid groups (broad SMARTS) is 1. The van der Waals surface area contributed by atoms with Gasteiger partial charge in [0.1, 0.15) is 11.9 Å². The predicted molar refractivity (Wildman–Crippen MR) is 86.8 cm³/mol. The number of amides is 1. The first-order valence-electron chi connectivity index (χ1n) is 7.54. The van der Waals surface area contributed by atoms with Crippen molar-refractivity contribution in [3.05, 3.63) is 12.0 Å². The number of carboxylic acids is 1. The zero-order chi connectivity index (χ0) is 18.5. The van der Waals surface area contributed by atoms with E-state index in [1.165, 1.54) is 6.20 Å². The molecule has 0 aliphatic heterocycles. The Morgan fingerprint density at radius 3 is 2.46 bits per heavy atom. The van der Waals surface area contributed by atoms with Gasteiger partial charge in [0.15, 0.2) is 5.03 Å². The number of nitrogens with zero attached hydrogens (tertiary/aromatic N) is 2. The number of hydrogen-bond donors (Lipinski definition) is 3. The van der Waals surface area contributed by atoms with Gasteiger partial charge >= 0.3 is 5.97 Å². The van der Waals surface area contributed by atoms with Crippen LogP contribution < -0.4 is 10.0 Å². The normalized spacial score (nSPS) is 13.0.